The van der Waals surface area contributed by atoms with Gasteiger partial charge in [0, 0.05) is 4.47 Å². The molecule has 154 valence electrons. The summed E-state index contributed by atoms with van der Waals surface area (Å²) in [7, 11) is 0. The summed E-state index contributed by atoms with van der Waals surface area (Å²) in [4.78, 5) is 38.6. The molecule has 31 heavy (non-hydrogen) atoms. The van der Waals surface area contributed by atoms with Crippen LogP contribution in [0.1, 0.15) is 22.3 Å². The molecule has 0 radical (unpaired) electrons. The van der Waals surface area contributed by atoms with E-state index in [9.17, 15) is 14.4 Å². The van der Waals surface area contributed by atoms with E-state index in [1.807, 2.05) is 49.4 Å². The van der Waals surface area contributed by atoms with Crippen LogP contribution in [0.3, 0.4) is 0 Å². The van der Waals surface area contributed by atoms with Gasteiger partial charge in [-0.1, -0.05) is 76.1 Å². The molecule has 1 aliphatic rings. The second-order valence-corrected chi connectivity index (χ2v) is 8.16. The zero-order valence-electron chi connectivity index (χ0n) is 16.8. The minimum Gasteiger partial charge on any atom is -0.273 e. The maximum atomic E-state index is 13.0. The van der Waals surface area contributed by atoms with E-state index >= 15 is 0 Å². The lowest BCUT2D eigenvalue weighted by Crippen LogP contribution is -2.54. The van der Waals surface area contributed by atoms with Crippen molar-refractivity contribution >= 4 is 45.5 Å². The minimum atomic E-state index is -0.750. The Labute approximate surface area is 188 Å². The molecule has 0 aromatic heterocycles. The van der Waals surface area contributed by atoms with Crippen molar-refractivity contribution in [2.45, 2.75) is 13.3 Å². The molecule has 0 atom stereocenters. The molecule has 6 heteroatoms. The number of benzene rings is 3. The van der Waals surface area contributed by atoms with Gasteiger partial charge in [0.05, 0.1) is 5.69 Å². The Morgan fingerprint density at radius 2 is 1.58 bits per heavy atom. The molecule has 0 spiro atoms. The standard InChI is InChI=1S/C25H19BrN2O3/c1-16-6-12-20(13-7-16)28-24(30)21(23(29)27-25(28)31)15-18-10-8-17(9-11-18)14-19-4-2-3-5-22(19)26/h2-13,15H,14H2,1H3,(H,27,29,31)/b21-15+. The summed E-state index contributed by atoms with van der Waals surface area (Å²) in [6, 6.07) is 21.9. The number of anilines is 1. The number of rotatable bonds is 4. The first-order chi connectivity index (χ1) is 14.9. The first kappa shape index (κ1) is 20.8. The summed E-state index contributed by atoms with van der Waals surface area (Å²) in [5.74, 6) is -1.34. The van der Waals surface area contributed by atoms with Gasteiger partial charge in [-0.3, -0.25) is 14.9 Å². The van der Waals surface area contributed by atoms with Gasteiger partial charge in [-0.2, -0.15) is 0 Å². The molecule has 1 aliphatic heterocycles. The van der Waals surface area contributed by atoms with Crippen molar-refractivity contribution in [2.24, 2.45) is 0 Å². The fraction of sp³-hybridized carbons (Fsp3) is 0.0800. The molecule has 1 N–H and O–H groups in total. The minimum absolute atomic E-state index is 0.0845. The molecule has 3 aromatic rings. The summed E-state index contributed by atoms with van der Waals surface area (Å²) in [6.45, 7) is 1.91. The highest BCUT2D eigenvalue weighted by molar-refractivity contribution is 9.10. The molecule has 0 aliphatic carbocycles. The van der Waals surface area contributed by atoms with Crippen LogP contribution in [0.25, 0.3) is 6.08 Å². The summed E-state index contributed by atoms with van der Waals surface area (Å²) in [5, 5.41) is 2.25. The fourth-order valence-corrected chi connectivity index (χ4v) is 3.77. The van der Waals surface area contributed by atoms with Crippen LogP contribution in [0.2, 0.25) is 0 Å². The van der Waals surface area contributed by atoms with Crippen molar-refractivity contribution in [2.75, 3.05) is 4.90 Å². The number of imide groups is 2. The predicted molar refractivity (Wildman–Crippen MR) is 124 cm³/mol. The van der Waals surface area contributed by atoms with Gasteiger partial charge in [0.15, 0.2) is 0 Å². The number of urea groups is 1. The molecule has 4 amide bonds. The molecule has 5 nitrogen and oxygen atoms in total. The molecule has 1 heterocycles. The molecule has 4 rings (SSSR count). The normalized spacial score (nSPS) is 15.4. The molecule has 0 bridgehead atoms. The van der Waals surface area contributed by atoms with Crippen LogP contribution >= 0.6 is 15.9 Å². The third kappa shape index (κ3) is 4.49. The number of carbonyl (C=O) groups excluding carboxylic acids is 3. The van der Waals surface area contributed by atoms with Crippen molar-refractivity contribution in [1.29, 1.82) is 0 Å². The number of carbonyl (C=O) groups is 3. The fourth-order valence-electron chi connectivity index (χ4n) is 3.35. The highest BCUT2D eigenvalue weighted by Gasteiger charge is 2.36. The number of amides is 4. The lowest BCUT2D eigenvalue weighted by atomic mass is 10.0. The smallest absolute Gasteiger partial charge is 0.273 e. The number of hydrogen-bond acceptors (Lipinski definition) is 3. The van der Waals surface area contributed by atoms with Crippen LogP contribution in [0, 0.1) is 6.92 Å². The van der Waals surface area contributed by atoms with E-state index in [0.29, 0.717) is 11.3 Å². The van der Waals surface area contributed by atoms with E-state index in [4.69, 9.17) is 0 Å². The van der Waals surface area contributed by atoms with Crippen LogP contribution in [0.15, 0.2) is 82.8 Å². The average molecular weight is 475 g/mol. The topological polar surface area (TPSA) is 66.5 Å². The van der Waals surface area contributed by atoms with Gasteiger partial charge >= 0.3 is 6.03 Å². The lowest BCUT2D eigenvalue weighted by molar-refractivity contribution is -0.122. The third-order valence-corrected chi connectivity index (χ3v) is 5.81. The maximum Gasteiger partial charge on any atom is 0.335 e. The second kappa shape index (κ2) is 8.70. The zero-order valence-corrected chi connectivity index (χ0v) is 18.3. The van der Waals surface area contributed by atoms with Gasteiger partial charge < -0.3 is 0 Å². The number of barbiturate groups is 1. The molecule has 1 saturated heterocycles. The van der Waals surface area contributed by atoms with E-state index in [-0.39, 0.29) is 5.57 Å². The molecule has 3 aromatic carbocycles. The van der Waals surface area contributed by atoms with E-state index in [2.05, 4.69) is 27.3 Å². The van der Waals surface area contributed by atoms with E-state index in [1.165, 1.54) is 11.6 Å². The Bertz CT molecular complexity index is 1200. The van der Waals surface area contributed by atoms with E-state index in [1.54, 1.807) is 24.3 Å². The SMILES string of the molecule is Cc1ccc(N2C(=O)NC(=O)/C(=C\c3ccc(Cc4ccccc4Br)cc3)C2=O)cc1. The van der Waals surface area contributed by atoms with Crippen LogP contribution < -0.4 is 10.2 Å². The van der Waals surface area contributed by atoms with Gasteiger partial charge in [0.2, 0.25) is 0 Å². The van der Waals surface area contributed by atoms with E-state index in [0.717, 1.165) is 26.9 Å². The summed E-state index contributed by atoms with van der Waals surface area (Å²) < 4.78 is 1.05. The Morgan fingerprint density at radius 3 is 2.26 bits per heavy atom. The highest BCUT2D eigenvalue weighted by atomic mass is 79.9. The van der Waals surface area contributed by atoms with Gasteiger partial charge in [0.1, 0.15) is 5.57 Å². The van der Waals surface area contributed by atoms with Crippen molar-refractivity contribution in [3.05, 3.63) is 105 Å². The van der Waals surface area contributed by atoms with Gasteiger partial charge in [-0.25, -0.2) is 9.69 Å². The number of hydrogen-bond donors (Lipinski definition) is 1. The number of aryl methyl sites for hydroxylation is 1. The average Bonchev–Trinajstić information content (AvgIpc) is 2.75. The quantitative estimate of drug-likeness (QED) is 0.426. The van der Waals surface area contributed by atoms with Gasteiger partial charge in [-0.05, 0) is 54.3 Å². The summed E-state index contributed by atoms with van der Waals surface area (Å²) >= 11 is 3.56. The Kier molecular flexibility index (Phi) is 5.82. The highest BCUT2D eigenvalue weighted by Crippen LogP contribution is 2.23. The Hall–Kier alpha value is -3.51. The lowest BCUT2D eigenvalue weighted by Gasteiger charge is -2.26. The molecule has 0 unspecified atom stereocenters. The largest absolute Gasteiger partial charge is 0.335 e. The maximum absolute atomic E-state index is 13.0. The number of halogens is 1. The van der Waals surface area contributed by atoms with Crippen LogP contribution in [0.4, 0.5) is 10.5 Å². The molecule has 0 saturated carbocycles. The Morgan fingerprint density at radius 1 is 0.903 bits per heavy atom. The zero-order chi connectivity index (χ0) is 22.0. The summed E-state index contributed by atoms with van der Waals surface area (Å²) in [6.07, 6.45) is 2.26. The number of nitrogens with zero attached hydrogens (tertiary/aromatic N) is 1. The second-order valence-electron chi connectivity index (χ2n) is 7.30. The first-order valence-electron chi connectivity index (χ1n) is 9.73. The van der Waals surface area contributed by atoms with Crippen molar-refractivity contribution in [1.82, 2.24) is 5.32 Å². The molecular formula is C25H19BrN2O3. The predicted octanol–water partition coefficient (Wildman–Crippen LogP) is 5.01. The summed E-state index contributed by atoms with van der Waals surface area (Å²) in [5.41, 5.74) is 4.30. The van der Waals surface area contributed by atoms with Crippen LogP contribution in [0.5, 0.6) is 0 Å². The molecule has 1 fully saturated rings. The van der Waals surface area contributed by atoms with Crippen molar-refractivity contribution in [3.63, 3.8) is 0 Å². The van der Waals surface area contributed by atoms with E-state index < -0.39 is 17.8 Å². The van der Waals surface area contributed by atoms with Crippen molar-refractivity contribution in [3.8, 4) is 0 Å². The van der Waals surface area contributed by atoms with Crippen LogP contribution in [-0.4, -0.2) is 17.8 Å². The first-order valence-corrected chi connectivity index (χ1v) is 10.5. The monoisotopic (exact) mass is 474 g/mol. The third-order valence-electron chi connectivity index (χ3n) is 5.04. The Balaban J connectivity index is 1.58. The van der Waals surface area contributed by atoms with Gasteiger partial charge in [-0.15, -0.1) is 0 Å². The van der Waals surface area contributed by atoms with Crippen molar-refractivity contribution < 1.29 is 14.4 Å². The number of nitrogens with one attached hydrogen (secondary N) is 1. The van der Waals surface area contributed by atoms with Gasteiger partial charge in [0.25, 0.3) is 11.8 Å². The molecular weight excluding hydrogens is 456 g/mol. The van der Waals surface area contributed by atoms with Crippen LogP contribution in [-0.2, 0) is 16.0 Å².